The molecule has 1 saturated carbocycles. The summed E-state index contributed by atoms with van der Waals surface area (Å²) in [7, 11) is 0. The van der Waals surface area contributed by atoms with Crippen molar-refractivity contribution in [3.63, 3.8) is 0 Å². The Kier molecular flexibility index (Phi) is 3.38. The number of fused-ring (bicyclic) bond motifs is 2. The highest BCUT2D eigenvalue weighted by Gasteiger charge is 2.29. The van der Waals surface area contributed by atoms with E-state index in [0.29, 0.717) is 5.92 Å². The van der Waals surface area contributed by atoms with Gasteiger partial charge >= 0.3 is 0 Å². The van der Waals surface area contributed by atoms with Crippen molar-refractivity contribution in [1.29, 1.82) is 0 Å². The van der Waals surface area contributed by atoms with Crippen LogP contribution in [0.3, 0.4) is 0 Å². The Hall–Kier alpha value is -3.54. The second-order valence-corrected chi connectivity index (χ2v) is 7.66. The molecule has 6 heteroatoms. The van der Waals surface area contributed by atoms with Crippen LogP contribution in [0, 0.1) is 12.7 Å². The summed E-state index contributed by atoms with van der Waals surface area (Å²) in [6.45, 7) is 2.08. The Morgan fingerprint density at radius 3 is 2.62 bits per heavy atom. The monoisotopic (exact) mass is 383 g/mol. The summed E-state index contributed by atoms with van der Waals surface area (Å²) in [4.78, 5) is 4.75. The van der Waals surface area contributed by atoms with Crippen molar-refractivity contribution >= 4 is 16.6 Å². The minimum atomic E-state index is -0.256. The lowest BCUT2D eigenvalue weighted by molar-refractivity contribution is 0.628. The maximum atomic E-state index is 13.5. The maximum absolute atomic E-state index is 13.5. The number of aryl methyl sites for hydroxylation is 1. The largest absolute Gasteiger partial charge is 0.214 e. The number of pyridine rings is 1. The molecule has 0 bridgehead atoms. The number of nitrogens with zero attached hydrogens (tertiary/aromatic N) is 5. The average Bonchev–Trinajstić information content (AvgIpc) is 3.34. The third-order valence-electron chi connectivity index (χ3n) is 5.58. The van der Waals surface area contributed by atoms with Crippen LogP contribution in [-0.4, -0.2) is 24.4 Å². The first-order chi connectivity index (χ1) is 14.2. The van der Waals surface area contributed by atoms with Crippen LogP contribution in [-0.2, 0) is 0 Å². The smallest absolute Gasteiger partial charge is 0.165 e. The Balaban J connectivity index is 1.71. The molecule has 0 amide bonds. The summed E-state index contributed by atoms with van der Waals surface area (Å²) in [5.41, 5.74) is 4.79. The topological polar surface area (TPSA) is 48.0 Å². The van der Waals surface area contributed by atoms with Crippen LogP contribution in [0.15, 0.2) is 60.8 Å². The standard InChI is InChI=1S/C23H18FN5/c1-14-3-2-4-17-13-25-29(21(14)17)23-19(15-7-9-18(24)10-8-15)11-12-20-26-22(16-5-6-16)27-28(20)23/h2-4,7-13,16H,5-6H2,1H3. The number of hydrogen-bond donors (Lipinski definition) is 0. The number of aromatic nitrogens is 5. The van der Waals surface area contributed by atoms with Gasteiger partial charge in [-0.25, -0.2) is 14.1 Å². The van der Waals surface area contributed by atoms with Crippen molar-refractivity contribution in [3.05, 3.63) is 78.0 Å². The van der Waals surface area contributed by atoms with Gasteiger partial charge in [0.2, 0.25) is 0 Å². The van der Waals surface area contributed by atoms with Gasteiger partial charge in [0.05, 0.1) is 11.7 Å². The summed E-state index contributed by atoms with van der Waals surface area (Å²) in [6, 6.07) is 16.7. The van der Waals surface area contributed by atoms with Gasteiger partial charge in [-0.3, -0.25) is 0 Å². The summed E-state index contributed by atoms with van der Waals surface area (Å²) in [5.74, 6) is 1.90. The molecule has 1 fully saturated rings. The van der Waals surface area contributed by atoms with Crippen LogP contribution in [0.5, 0.6) is 0 Å². The molecule has 0 radical (unpaired) electrons. The summed E-state index contributed by atoms with van der Waals surface area (Å²) in [6.07, 6.45) is 4.15. The van der Waals surface area contributed by atoms with Crippen LogP contribution in [0.4, 0.5) is 4.39 Å². The predicted octanol–water partition coefficient (Wildman–Crippen LogP) is 5.06. The van der Waals surface area contributed by atoms with Crippen molar-refractivity contribution < 1.29 is 4.39 Å². The number of benzene rings is 2. The molecule has 0 atom stereocenters. The van der Waals surface area contributed by atoms with Gasteiger partial charge in [0.1, 0.15) is 5.82 Å². The van der Waals surface area contributed by atoms with Crippen LogP contribution >= 0.6 is 0 Å². The quantitative estimate of drug-likeness (QED) is 0.437. The fraction of sp³-hybridized carbons (Fsp3) is 0.174. The minimum absolute atomic E-state index is 0.256. The number of rotatable bonds is 3. The van der Waals surface area contributed by atoms with Gasteiger partial charge in [-0.15, -0.1) is 5.10 Å². The first-order valence-electron chi connectivity index (χ1n) is 9.78. The van der Waals surface area contributed by atoms with Gasteiger partial charge in [-0.2, -0.15) is 9.61 Å². The Bertz CT molecular complexity index is 1380. The van der Waals surface area contributed by atoms with E-state index in [0.717, 1.165) is 57.7 Å². The molecule has 0 unspecified atom stereocenters. The average molecular weight is 383 g/mol. The molecule has 3 heterocycles. The molecule has 0 N–H and O–H groups in total. The fourth-order valence-electron chi connectivity index (χ4n) is 3.94. The van der Waals surface area contributed by atoms with E-state index in [1.165, 1.54) is 12.1 Å². The second kappa shape index (κ2) is 5.98. The molecular weight excluding hydrogens is 365 g/mol. The van der Waals surface area contributed by atoms with Gasteiger partial charge < -0.3 is 0 Å². The van der Waals surface area contributed by atoms with Gasteiger partial charge in [-0.05, 0) is 55.2 Å². The first kappa shape index (κ1) is 16.4. The molecule has 1 aliphatic carbocycles. The van der Waals surface area contributed by atoms with Gasteiger partial charge in [-0.1, -0.05) is 30.3 Å². The lowest BCUT2D eigenvalue weighted by atomic mass is 10.1. The molecule has 142 valence electrons. The van der Waals surface area contributed by atoms with E-state index >= 15 is 0 Å². The Morgan fingerprint density at radius 1 is 1.00 bits per heavy atom. The molecule has 3 aromatic heterocycles. The highest BCUT2D eigenvalue weighted by atomic mass is 19.1. The highest BCUT2D eigenvalue weighted by Crippen LogP contribution is 2.39. The molecule has 0 aliphatic heterocycles. The fourth-order valence-corrected chi connectivity index (χ4v) is 3.94. The number of hydrogen-bond acceptors (Lipinski definition) is 3. The third kappa shape index (κ3) is 2.56. The summed E-state index contributed by atoms with van der Waals surface area (Å²) in [5, 5.41) is 10.6. The number of para-hydroxylation sites is 1. The van der Waals surface area contributed by atoms with E-state index in [9.17, 15) is 4.39 Å². The zero-order valence-electron chi connectivity index (χ0n) is 15.9. The van der Waals surface area contributed by atoms with E-state index in [-0.39, 0.29) is 5.82 Å². The van der Waals surface area contributed by atoms with Crippen LogP contribution in [0.25, 0.3) is 33.5 Å². The molecule has 2 aromatic carbocycles. The van der Waals surface area contributed by atoms with E-state index in [4.69, 9.17) is 15.2 Å². The SMILES string of the molecule is Cc1cccc2cnn(-c3c(-c4ccc(F)cc4)ccc4nc(C5CC5)nn34)c12. The zero-order valence-corrected chi connectivity index (χ0v) is 15.9. The third-order valence-corrected chi connectivity index (χ3v) is 5.58. The number of halogens is 1. The summed E-state index contributed by atoms with van der Waals surface area (Å²) < 4.78 is 17.4. The van der Waals surface area contributed by atoms with E-state index in [1.807, 2.05) is 33.6 Å². The molecule has 5 aromatic rings. The van der Waals surface area contributed by atoms with Crippen molar-refractivity contribution in [1.82, 2.24) is 24.4 Å². The second-order valence-electron chi connectivity index (χ2n) is 7.66. The van der Waals surface area contributed by atoms with E-state index in [1.54, 1.807) is 12.1 Å². The zero-order chi connectivity index (χ0) is 19.5. The lowest BCUT2D eigenvalue weighted by Crippen LogP contribution is -2.08. The predicted molar refractivity (Wildman–Crippen MR) is 110 cm³/mol. The van der Waals surface area contributed by atoms with Crippen LogP contribution in [0.2, 0.25) is 0 Å². The molecule has 0 saturated heterocycles. The molecule has 6 rings (SSSR count). The lowest BCUT2D eigenvalue weighted by Gasteiger charge is -2.13. The molecular formula is C23H18FN5. The van der Waals surface area contributed by atoms with Gasteiger partial charge in [0, 0.05) is 16.9 Å². The van der Waals surface area contributed by atoms with Gasteiger partial charge in [0.15, 0.2) is 17.3 Å². The Morgan fingerprint density at radius 2 is 1.83 bits per heavy atom. The Labute approximate surface area is 166 Å². The van der Waals surface area contributed by atoms with E-state index < -0.39 is 0 Å². The van der Waals surface area contributed by atoms with E-state index in [2.05, 4.69) is 19.1 Å². The summed E-state index contributed by atoms with van der Waals surface area (Å²) >= 11 is 0. The van der Waals surface area contributed by atoms with Crippen molar-refractivity contribution in [2.75, 3.05) is 0 Å². The van der Waals surface area contributed by atoms with Gasteiger partial charge in [0.25, 0.3) is 0 Å². The molecule has 1 aliphatic rings. The van der Waals surface area contributed by atoms with Crippen LogP contribution in [0.1, 0.15) is 30.1 Å². The van der Waals surface area contributed by atoms with Crippen molar-refractivity contribution in [2.24, 2.45) is 0 Å². The molecule has 5 nitrogen and oxygen atoms in total. The normalized spacial score (nSPS) is 14.1. The molecule has 0 spiro atoms. The minimum Gasteiger partial charge on any atom is -0.214 e. The maximum Gasteiger partial charge on any atom is 0.165 e. The van der Waals surface area contributed by atoms with Crippen molar-refractivity contribution in [3.8, 4) is 16.9 Å². The van der Waals surface area contributed by atoms with Crippen molar-refractivity contribution in [2.45, 2.75) is 25.7 Å². The highest BCUT2D eigenvalue weighted by molar-refractivity contribution is 5.85. The first-order valence-corrected chi connectivity index (χ1v) is 9.78. The van der Waals surface area contributed by atoms with Crippen LogP contribution < -0.4 is 0 Å². The molecule has 29 heavy (non-hydrogen) atoms.